The zero-order chi connectivity index (χ0) is 38.1. The number of hydrogen-bond donors (Lipinski definition) is 6. The number of para-hydroxylation sites is 1. The van der Waals surface area contributed by atoms with E-state index in [4.69, 9.17) is 54.7 Å². The van der Waals surface area contributed by atoms with Gasteiger partial charge in [-0.15, -0.1) is 0 Å². The predicted octanol–water partition coefficient (Wildman–Crippen LogP) is -0.912. The Morgan fingerprint density at radius 2 is 1.89 bits per heavy atom. The lowest BCUT2D eigenvalue weighted by Gasteiger charge is -2.50. The van der Waals surface area contributed by atoms with Gasteiger partial charge in [-0.3, -0.25) is 14.6 Å². The zero-order valence-electron chi connectivity index (χ0n) is 29.1. The molecule has 1 fully saturated rings. The van der Waals surface area contributed by atoms with Gasteiger partial charge in [-0.2, -0.15) is 0 Å². The molecule has 3 aromatic carbocycles. The Hall–Kier alpha value is -5.41. The monoisotopic (exact) mass is 743 g/mol. The van der Waals surface area contributed by atoms with Crippen LogP contribution in [0.15, 0.2) is 47.5 Å². The highest BCUT2D eigenvalue weighted by Crippen LogP contribution is 2.58. The van der Waals surface area contributed by atoms with Crippen molar-refractivity contribution in [3.63, 3.8) is 0 Å². The van der Waals surface area contributed by atoms with Gasteiger partial charge in [0.05, 0.1) is 50.4 Å². The van der Waals surface area contributed by atoms with Crippen LogP contribution in [0.2, 0.25) is 0 Å². The molecule has 3 aromatic rings. The number of ether oxygens (including phenoxy) is 7. The van der Waals surface area contributed by atoms with Crippen molar-refractivity contribution in [3.8, 4) is 40.6 Å². The summed E-state index contributed by atoms with van der Waals surface area (Å²) in [5.74, 6) is 5.07. The molecule has 1 saturated heterocycles. The van der Waals surface area contributed by atoms with Crippen LogP contribution in [-0.2, 0) is 19.1 Å². The fraction of sp³-hybridized carbons (Fsp3) is 0.395. The zero-order valence-corrected chi connectivity index (χ0v) is 29.1. The third kappa shape index (κ3) is 5.59. The first-order chi connectivity index (χ1) is 25.9. The average Bonchev–Trinajstić information content (AvgIpc) is 3.75. The lowest BCUT2D eigenvalue weighted by Crippen LogP contribution is -2.72. The van der Waals surface area contributed by atoms with Crippen LogP contribution in [0.4, 0.5) is 0 Å². The summed E-state index contributed by atoms with van der Waals surface area (Å²) in [6.07, 6.45) is -12.7. The van der Waals surface area contributed by atoms with Crippen molar-refractivity contribution in [3.05, 3.63) is 75.3 Å². The van der Waals surface area contributed by atoms with Gasteiger partial charge in [0, 0.05) is 34.4 Å². The number of fused-ring (bicyclic) bond motifs is 9. The molecule has 6 heterocycles. The van der Waals surface area contributed by atoms with Crippen molar-refractivity contribution in [2.45, 2.75) is 67.3 Å². The van der Waals surface area contributed by atoms with Gasteiger partial charge in [-0.05, 0) is 17.7 Å². The van der Waals surface area contributed by atoms with E-state index in [1.165, 1.54) is 7.11 Å². The van der Waals surface area contributed by atoms with E-state index in [9.17, 15) is 24.9 Å². The van der Waals surface area contributed by atoms with Crippen LogP contribution in [0.1, 0.15) is 47.1 Å². The van der Waals surface area contributed by atoms with Gasteiger partial charge in [-0.25, -0.2) is 0 Å². The second kappa shape index (κ2) is 13.5. The molecule has 0 radical (unpaired) electrons. The smallest absolute Gasteiger partial charge is 0.317 e. The van der Waals surface area contributed by atoms with Gasteiger partial charge in [-0.1, -0.05) is 36.1 Å². The van der Waals surface area contributed by atoms with E-state index in [-0.39, 0.29) is 24.8 Å². The number of rotatable bonds is 8. The number of aliphatic hydroxyl groups excluding tert-OH is 2. The molecule has 2 bridgehead atoms. The molecule has 6 aliphatic rings. The highest BCUT2D eigenvalue weighted by atomic mass is 16.7. The number of carbonyl (C=O) groups excluding carboxylic acids is 1. The molecule has 16 nitrogen and oxygen atoms in total. The summed E-state index contributed by atoms with van der Waals surface area (Å²) in [4.78, 5) is 28.4. The van der Waals surface area contributed by atoms with Crippen LogP contribution in [0.5, 0.6) is 28.7 Å². The molecule has 0 aromatic heterocycles. The lowest BCUT2D eigenvalue weighted by molar-refractivity contribution is -0.324. The maximum atomic E-state index is 12.4. The molecular formula is C38H37N3O13. The second-order valence-corrected chi connectivity index (χ2v) is 13.6. The van der Waals surface area contributed by atoms with Crippen molar-refractivity contribution < 1.29 is 63.2 Å². The number of nitrogens with two attached hydrogens (primary N) is 2. The third-order valence-corrected chi connectivity index (χ3v) is 10.4. The van der Waals surface area contributed by atoms with E-state index in [1.54, 1.807) is 13.2 Å². The summed E-state index contributed by atoms with van der Waals surface area (Å²) < 4.78 is 42.2. The normalized spacial score (nSPS) is 27.5. The average molecular weight is 744 g/mol. The third-order valence-electron chi connectivity index (χ3n) is 10.4. The minimum Gasteiger partial charge on any atom is -0.493 e. The number of carboxylic acid groups (broad SMARTS) is 1. The summed E-state index contributed by atoms with van der Waals surface area (Å²) in [5, 5.41) is 45.4. The summed E-state index contributed by atoms with van der Waals surface area (Å²) in [7, 11) is 3.08. The van der Waals surface area contributed by atoms with Crippen molar-refractivity contribution in [1.82, 2.24) is 0 Å². The number of hydrogen-bond acceptors (Lipinski definition) is 15. The van der Waals surface area contributed by atoms with Crippen molar-refractivity contribution in [2.75, 3.05) is 27.4 Å². The summed E-state index contributed by atoms with van der Waals surface area (Å²) in [5.41, 5.74) is 12.8. The van der Waals surface area contributed by atoms with Gasteiger partial charge in [0.1, 0.15) is 47.9 Å². The van der Waals surface area contributed by atoms with E-state index in [1.807, 2.05) is 36.4 Å². The molecule has 6 aliphatic heterocycles. The molecule has 0 aliphatic carbocycles. The SMILES string of the molecule is COc1ccc2c(c1OC)O[C@H]1c3c(cc4c(c3C3=c5ccccc5=NC3)C#CC[C@]3(O)[C@H](O)[C@@H](O)[C@H](O4)O[C@@H]3[C@H](OC(=O)CC(=O)O)C(N)N)OC[C@@H]21. The van der Waals surface area contributed by atoms with Gasteiger partial charge in [0.25, 0.3) is 0 Å². The first kappa shape index (κ1) is 35.6. The molecule has 8 N–H and O–H groups in total. The largest absolute Gasteiger partial charge is 0.493 e. The number of methoxy groups -OCH3 is 2. The van der Waals surface area contributed by atoms with E-state index in [2.05, 4.69) is 11.8 Å². The van der Waals surface area contributed by atoms with Gasteiger partial charge in [0.15, 0.2) is 17.6 Å². The van der Waals surface area contributed by atoms with Crippen molar-refractivity contribution in [1.29, 1.82) is 0 Å². The summed E-state index contributed by atoms with van der Waals surface area (Å²) in [6, 6.07) is 13.0. The molecule has 0 unspecified atom stereocenters. The molecule has 0 spiro atoms. The van der Waals surface area contributed by atoms with E-state index < -0.39 is 73.4 Å². The number of nitrogens with zero attached hydrogens (tertiary/aromatic N) is 1. The molecule has 0 saturated carbocycles. The highest BCUT2D eigenvalue weighted by molar-refractivity contribution is 5.90. The lowest BCUT2D eigenvalue weighted by atomic mass is 9.78. The Labute approximate surface area is 307 Å². The van der Waals surface area contributed by atoms with Crippen LogP contribution < -0.4 is 45.7 Å². The van der Waals surface area contributed by atoms with Crippen LogP contribution in [-0.4, -0.2) is 102 Å². The number of aliphatic hydroxyl groups is 3. The van der Waals surface area contributed by atoms with Crippen LogP contribution in [0.3, 0.4) is 0 Å². The van der Waals surface area contributed by atoms with Gasteiger partial charge in [0.2, 0.25) is 12.0 Å². The Morgan fingerprint density at radius 3 is 2.63 bits per heavy atom. The number of carboxylic acids is 1. The fourth-order valence-electron chi connectivity index (χ4n) is 7.91. The molecule has 9 rings (SSSR count). The molecule has 0 amide bonds. The van der Waals surface area contributed by atoms with Gasteiger partial charge < -0.3 is 65.1 Å². The molecular weight excluding hydrogens is 706 g/mol. The first-order valence-corrected chi connectivity index (χ1v) is 17.1. The van der Waals surface area contributed by atoms with Crippen LogP contribution in [0.25, 0.3) is 5.57 Å². The Kier molecular flexibility index (Phi) is 8.88. The second-order valence-electron chi connectivity index (χ2n) is 13.6. The molecule has 16 heteroatoms. The van der Waals surface area contributed by atoms with Crippen molar-refractivity contribution >= 4 is 17.5 Å². The quantitative estimate of drug-likeness (QED) is 0.0708. The Bertz CT molecular complexity index is 2250. The maximum Gasteiger partial charge on any atom is 0.317 e. The molecule has 54 heavy (non-hydrogen) atoms. The highest BCUT2D eigenvalue weighted by Gasteiger charge is 2.60. The standard InChI is InChI=1S/C38H37N3O13/c1-48-22-10-9-17-20-15-50-24-12-23-18(27(19-14-41-21-8-4-3-6-16(19)21)28(24)30(20)53-31(17)32(22)49-2)7-5-11-38(47)34(46)29(45)37(51-23)54-35(38)33(36(39)40)52-26(44)13-25(42)43/h3-4,6,8-10,12,20,29-30,33-37,45-47H,11,13-15,39-40H2,1-2H3,(H,42,43)/t20-,29+,30+,33-,34+,35+,37+,38-/m0/s1. The topological polar surface area (TPSA) is 244 Å². The first-order valence-electron chi connectivity index (χ1n) is 17.1. The summed E-state index contributed by atoms with van der Waals surface area (Å²) in [6.45, 7) is 0.491. The minimum absolute atomic E-state index is 0.0974. The van der Waals surface area contributed by atoms with Crippen molar-refractivity contribution in [2.24, 2.45) is 16.5 Å². The predicted molar refractivity (Wildman–Crippen MR) is 184 cm³/mol. The summed E-state index contributed by atoms with van der Waals surface area (Å²) >= 11 is 0. The fourth-order valence-corrected chi connectivity index (χ4v) is 7.91. The Morgan fingerprint density at radius 1 is 1.09 bits per heavy atom. The molecule has 282 valence electrons. The van der Waals surface area contributed by atoms with Crippen LogP contribution in [0, 0.1) is 11.8 Å². The maximum absolute atomic E-state index is 12.4. The number of carbonyl (C=O) groups is 2. The van der Waals surface area contributed by atoms with Crippen LogP contribution >= 0.6 is 0 Å². The molecule has 8 atom stereocenters. The van der Waals surface area contributed by atoms with Gasteiger partial charge >= 0.3 is 11.9 Å². The Balaban J connectivity index is 1.30. The number of aliphatic carboxylic acids is 1. The van der Waals surface area contributed by atoms with E-state index in [0.29, 0.717) is 39.7 Å². The van der Waals surface area contributed by atoms with E-state index >= 15 is 0 Å². The number of benzene rings is 3. The number of esters is 1. The minimum atomic E-state index is -2.44. The van der Waals surface area contributed by atoms with E-state index in [0.717, 1.165) is 21.7 Å².